The van der Waals surface area contributed by atoms with E-state index in [-0.39, 0.29) is 36.2 Å². The number of ether oxygens (including phenoxy) is 1. The van der Waals surface area contributed by atoms with Gasteiger partial charge in [-0.1, -0.05) is 12.1 Å². The highest BCUT2D eigenvalue weighted by atomic mass is 35.5. The lowest BCUT2D eigenvalue weighted by Gasteiger charge is -2.27. The second kappa shape index (κ2) is 9.40. The van der Waals surface area contributed by atoms with E-state index in [4.69, 9.17) is 10.5 Å². The van der Waals surface area contributed by atoms with Crippen LogP contribution < -0.4 is 11.1 Å². The van der Waals surface area contributed by atoms with Crippen molar-refractivity contribution in [3.8, 4) is 0 Å². The molecule has 0 unspecified atom stereocenters. The minimum atomic E-state index is -0.103. The number of amides is 1. The molecule has 0 saturated heterocycles. The maximum atomic E-state index is 12.0. The van der Waals surface area contributed by atoms with Crippen molar-refractivity contribution in [3.63, 3.8) is 0 Å². The summed E-state index contributed by atoms with van der Waals surface area (Å²) in [5.41, 5.74) is 7.27. The number of nitrogens with one attached hydrogen (secondary N) is 1. The maximum Gasteiger partial charge on any atom is 0.308 e. The van der Waals surface area contributed by atoms with Crippen LogP contribution in [0.1, 0.15) is 38.2 Å². The lowest BCUT2D eigenvalue weighted by atomic mass is 9.86. The van der Waals surface area contributed by atoms with Crippen molar-refractivity contribution in [1.29, 1.82) is 0 Å². The molecule has 0 heterocycles. The van der Waals surface area contributed by atoms with E-state index in [9.17, 15) is 9.59 Å². The van der Waals surface area contributed by atoms with Gasteiger partial charge in [-0.05, 0) is 50.3 Å². The Morgan fingerprint density at radius 2 is 1.78 bits per heavy atom. The van der Waals surface area contributed by atoms with Crippen LogP contribution in [0.5, 0.6) is 0 Å². The molecule has 0 aliphatic heterocycles. The molecule has 1 amide bonds. The number of anilines is 1. The van der Waals surface area contributed by atoms with Crippen molar-refractivity contribution in [2.75, 3.05) is 12.3 Å². The smallest absolute Gasteiger partial charge is 0.308 e. The molecule has 5 nitrogen and oxygen atoms in total. The fourth-order valence-electron chi connectivity index (χ4n) is 2.83. The first kappa shape index (κ1) is 19.3. The predicted molar refractivity (Wildman–Crippen MR) is 92.3 cm³/mol. The summed E-state index contributed by atoms with van der Waals surface area (Å²) in [6.45, 7) is 2.25. The standard InChI is InChI=1S/C17H24N2O3.ClH/c1-2-22-17(21)13-5-9-15(10-6-13)19-16(20)11-12-3-7-14(18)8-4-12;/h3-4,7-8,13,15H,2,5-6,9-11,18H2,1H3,(H,19,20);1H. The predicted octanol–water partition coefficient (Wildman–Crippen LogP) is 2.47. The van der Waals surface area contributed by atoms with Gasteiger partial charge in [0.1, 0.15) is 0 Å². The highest BCUT2D eigenvalue weighted by molar-refractivity contribution is 5.85. The topological polar surface area (TPSA) is 81.4 Å². The van der Waals surface area contributed by atoms with Gasteiger partial charge in [-0.25, -0.2) is 0 Å². The van der Waals surface area contributed by atoms with Gasteiger partial charge in [-0.2, -0.15) is 0 Å². The van der Waals surface area contributed by atoms with Gasteiger partial charge < -0.3 is 15.8 Å². The summed E-state index contributed by atoms with van der Waals surface area (Å²) in [7, 11) is 0. The van der Waals surface area contributed by atoms with Gasteiger partial charge in [-0.3, -0.25) is 9.59 Å². The molecule has 2 rings (SSSR count). The number of carbonyl (C=O) groups is 2. The maximum absolute atomic E-state index is 12.0. The monoisotopic (exact) mass is 340 g/mol. The number of nitrogens with two attached hydrogens (primary N) is 1. The third-order valence-electron chi connectivity index (χ3n) is 4.06. The van der Waals surface area contributed by atoms with Gasteiger partial charge >= 0.3 is 5.97 Å². The molecule has 0 bridgehead atoms. The van der Waals surface area contributed by atoms with Crippen LogP contribution in [0, 0.1) is 5.92 Å². The first-order valence-electron chi connectivity index (χ1n) is 7.89. The van der Waals surface area contributed by atoms with E-state index in [1.54, 1.807) is 12.1 Å². The number of rotatable bonds is 5. The summed E-state index contributed by atoms with van der Waals surface area (Å²) in [5.74, 6) is -0.0938. The van der Waals surface area contributed by atoms with Crippen LogP contribution in [0.25, 0.3) is 0 Å². The molecule has 1 fully saturated rings. The second-order valence-corrected chi connectivity index (χ2v) is 5.79. The average Bonchev–Trinajstić information content (AvgIpc) is 2.50. The zero-order valence-electron chi connectivity index (χ0n) is 13.4. The van der Waals surface area contributed by atoms with Crippen LogP contribution >= 0.6 is 12.4 Å². The number of hydrogen-bond donors (Lipinski definition) is 2. The minimum Gasteiger partial charge on any atom is -0.466 e. The Kier molecular flexibility index (Phi) is 7.89. The van der Waals surface area contributed by atoms with E-state index < -0.39 is 0 Å². The van der Waals surface area contributed by atoms with E-state index in [0.717, 1.165) is 31.2 Å². The lowest BCUT2D eigenvalue weighted by molar-refractivity contribution is -0.149. The Balaban J connectivity index is 0.00000264. The second-order valence-electron chi connectivity index (χ2n) is 5.79. The molecule has 1 aliphatic rings. The molecule has 1 saturated carbocycles. The van der Waals surface area contributed by atoms with Crippen LogP contribution in [-0.2, 0) is 20.7 Å². The highest BCUT2D eigenvalue weighted by Crippen LogP contribution is 2.25. The summed E-state index contributed by atoms with van der Waals surface area (Å²) < 4.78 is 5.05. The molecule has 6 heteroatoms. The summed E-state index contributed by atoms with van der Waals surface area (Å²) in [6, 6.07) is 7.49. The molecule has 0 atom stereocenters. The normalized spacial score (nSPS) is 20.2. The van der Waals surface area contributed by atoms with Crippen LogP contribution in [-0.4, -0.2) is 24.5 Å². The van der Waals surface area contributed by atoms with E-state index in [1.165, 1.54) is 0 Å². The fraction of sp³-hybridized carbons (Fsp3) is 0.529. The molecule has 128 valence electrons. The van der Waals surface area contributed by atoms with Gasteiger partial charge in [0.15, 0.2) is 0 Å². The van der Waals surface area contributed by atoms with Crippen molar-refractivity contribution in [2.24, 2.45) is 5.92 Å². The van der Waals surface area contributed by atoms with Crippen molar-refractivity contribution < 1.29 is 14.3 Å². The summed E-state index contributed by atoms with van der Waals surface area (Å²) in [6.07, 6.45) is 3.59. The zero-order chi connectivity index (χ0) is 15.9. The van der Waals surface area contributed by atoms with Crippen molar-refractivity contribution in [1.82, 2.24) is 5.32 Å². The molecule has 3 N–H and O–H groups in total. The Bertz CT molecular complexity index is 511. The van der Waals surface area contributed by atoms with Crippen LogP contribution in [0.3, 0.4) is 0 Å². The number of benzene rings is 1. The minimum absolute atomic E-state index is 0. The van der Waals surface area contributed by atoms with E-state index >= 15 is 0 Å². The molecular weight excluding hydrogens is 316 g/mol. The molecule has 23 heavy (non-hydrogen) atoms. The van der Waals surface area contributed by atoms with Crippen molar-refractivity contribution in [3.05, 3.63) is 29.8 Å². The fourth-order valence-corrected chi connectivity index (χ4v) is 2.83. The Morgan fingerprint density at radius 1 is 1.17 bits per heavy atom. The first-order valence-corrected chi connectivity index (χ1v) is 7.89. The largest absolute Gasteiger partial charge is 0.466 e. The van der Waals surface area contributed by atoms with Gasteiger partial charge in [-0.15, -0.1) is 12.4 Å². The zero-order valence-corrected chi connectivity index (χ0v) is 14.2. The number of hydrogen-bond acceptors (Lipinski definition) is 4. The summed E-state index contributed by atoms with van der Waals surface area (Å²) >= 11 is 0. The molecule has 0 spiro atoms. The van der Waals surface area contributed by atoms with Crippen molar-refractivity contribution in [2.45, 2.75) is 45.1 Å². The van der Waals surface area contributed by atoms with E-state index in [0.29, 0.717) is 18.7 Å². The van der Waals surface area contributed by atoms with Gasteiger partial charge in [0.05, 0.1) is 18.9 Å². The summed E-state index contributed by atoms with van der Waals surface area (Å²) in [5, 5.41) is 3.05. The Hall–Kier alpha value is -1.75. The molecule has 1 aliphatic carbocycles. The van der Waals surface area contributed by atoms with E-state index in [2.05, 4.69) is 5.32 Å². The number of esters is 1. The van der Waals surface area contributed by atoms with Gasteiger partial charge in [0.2, 0.25) is 5.91 Å². The SMILES string of the molecule is CCOC(=O)C1CCC(NC(=O)Cc2ccc(N)cc2)CC1.Cl. The third kappa shape index (κ3) is 6.10. The number of carbonyl (C=O) groups excluding carboxylic acids is 2. The Morgan fingerprint density at radius 3 is 2.35 bits per heavy atom. The first-order chi connectivity index (χ1) is 10.6. The highest BCUT2D eigenvalue weighted by Gasteiger charge is 2.27. The van der Waals surface area contributed by atoms with Gasteiger partial charge in [0.25, 0.3) is 0 Å². The van der Waals surface area contributed by atoms with Gasteiger partial charge in [0, 0.05) is 11.7 Å². The molecule has 1 aromatic rings. The van der Waals surface area contributed by atoms with Crippen molar-refractivity contribution >= 4 is 30.0 Å². The molecule has 0 radical (unpaired) electrons. The quantitative estimate of drug-likeness (QED) is 0.637. The van der Waals surface area contributed by atoms with E-state index in [1.807, 2.05) is 19.1 Å². The summed E-state index contributed by atoms with van der Waals surface area (Å²) in [4.78, 5) is 23.7. The number of nitrogen functional groups attached to an aromatic ring is 1. The third-order valence-corrected chi connectivity index (χ3v) is 4.06. The molecule has 1 aromatic carbocycles. The lowest BCUT2D eigenvalue weighted by Crippen LogP contribution is -2.39. The van der Waals surface area contributed by atoms with Crippen LogP contribution in [0.4, 0.5) is 5.69 Å². The Labute approximate surface area is 143 Å². The average molecular weight is 341 g/mol. The molecule has 0 aromatic heterocycles. The van der Waals surface area contributed by atoms with Crippen LogP contribution in [0.15, 0.2) is 24.3 Å². The molecular formula is C17H25ClN2O3. The number of halogens is 1. The van der Waals surface area contributed by atoms with Crippen LogP contribution in [0.2, 0.25) is 0 Å².